The van der Waals surface area contributed by atoms with E-state index in [2.05, 4.69) is 10.0 Å². The van der Waals surface area contributed by atoms with E-state index in [1.165, 1.54) is 0 Å². The first kappa shape index (κ1) is 13.3. The highest BCUT2D eigenvalue weighted by Gasteiger charge is 2.35. The molecular formula is C9H11N5O5. The van der Waals surface area contributed by atoms with Gasteiger partial charge in [-0.05, 0) is 5.53 Å². The van der Waals surface area contributed by atoms with Crippen molar-refractivity contribution in [2.45, 2.75) is 24.9 Å². The monoisotopic (exact) mass is 269 g/mol. The number of aliphatic hydroxyl groups excluding tert-OH is 2. The van der Waals surface area contributed by atoms with Crippen LogP contribution in [0.5, 0.6) is 0 Å². The molecule has 0 spiro atoms. The van der Waals surface area contributed by atoms with E-state index < -0.39 is 29.7 Å². The molecule has 1 fully saturated rings. The fourth-order valence-electron chi connectivity index (χ4n) is 1.86. The van der Waals surface area contributed by atoms with Crippen molar-refractivity contribution in [3.05, 3.63) is 37.5 Å². The van der Waals surface area contributed by atoms with E-state index in [4.69, 9.17) is 15.4 Å². The Bertz CT molecular complexity index is 631. The summed E-state index contributed by atoms with van der Waals surface area (Å²) in [6.45, 7) is -0.390. The summed E-state index contributed by atoms with van der Waals surface area (Å²) in [5.74, 6) is 0. The summed E-state index contributed by atoms with van der Waals surface area (Å²) in [4.78, 5) is 27.4. The molecule has 0 aromatic carbocycles. The summed E-state index contributed by atoms with van der Waals surface area (Å²) >= 11 is 0. The van der Waals surface area contributed by atoms with E-state index in [-0.39, 0.29) is 18.7 Å². The summed E-state index contributed by atoms with van der Waals surface area (Å²) in [5.41, 5.74) is 6.46. The molecule has 1 aromatic rings. The van der Waals surface area contributed by atoms with Gasteiger partial charge in [0.05, 0.1) is 12.7 Å². The van der Waals surface area contributed by atoms with E-state index in [0.29, 0.717) is 0 Å². The van der Waals surface area contributed by atoms with E-state index in [1.54, 1.807) is 0 Å². The van der Waals surface area contributed by atoms with Gasteiger partial charge < -0.3 is 14.9 Å². The summed E-state index contributed by atoms with van der Waals surface area (Å²) in [5, 5.41) is 21.7. The number of hydrogen-bond acceptors (Lipinski definition) is 6. The Kier molecular flexibility index (Phi) is 3.67. The first-order chi connectivity index (χ1) is 9.06. The average Bonchev–Trinajstić information content (AvgIpc) is 2.74. The number of azide groups is 1. The molecular weight excluding hydrogens is 258 g/mol. The number of H-pyrrole nitrogens is 1. The first-order valence-electron chi connectivity index (χ1n) is 5.41. The Hall–Kier alpha value is -2.13. The van der Waals surface area contributed by atoms with E-state index in [1.807, 2.05) is 4.98 Å². The van der Waals surface area contributed by atoms with Gasteiger partial charge >= 0.3 is 5.69 Å². The number of aromatic nitrogens is 2. The maximum Gasteiger partial charge on any atom is 0.330 e. The van der Waals surface area contributed by atoms with Crippen LogP contribution in [0, 0.1) is 0 Å². The van der Waals surface area contributed by atoms with Crippen LogP contribution in [-0.4, -0.2) is 38.6 Å². The van der Waals surface area contributed by atoms with E-state index >= 15 is 0 Å². The minimum absolute atomic E-state index is 0.0763. The number of nitrogens with zero attached hydrogens (tertiary/aromatic N) is 4. The lowest BCUT2D eigenvalue weighted by molar-refractivity contribution is -0.0458. The molecule has 0 bridgehead atoms. The molecule has 1 aliphatic heterocycles. The normalized spacial score (nSPS) is 26.1. The van der Waals surface area contributed by atoms with Crippen molar-refractivity contribution < 1.29 is 14.9 Å². The predicted octanol–water partition coefficient (Wildman–Crippen LogP) is -0.881. The van der Waals surface area contributed by atoms with Crippen molar-refractivity contribution >= 4 is 5.69 Å². The lowest BCUT2D eigenvalue weighted by Crippen LogP contribution is -2.32. The van der Waals surface area contributed by atoms with Gasteiger partial charge in [0, 0.05) is 17.5 Å². The highest BCUT2D eigenvalue weighted by Crippen LogP contribution is 2.27. The quantitative estimate of drug-likeness (QED) is 0.369. The Morgan fingerprint density at radius 1 is 1.63 bits per heavy atom. The Balaban J connectivity index is 2.41. The van der Waals surface area contributed by atoms with Crippen LogP contribution in [0.1, 0.15) is 12.6 Å². The topological polar surface area (TPSA) is 153 Å². The molecule has 19 heavy (non-hydrogen) atoms. The van der Waals surface area contributed by atoms with Crippen LogP contribution in [0.4, 0.5) is 5.69 Å². The second-order valence-electron chi connectivity index (χ2n) is 3.99. The van der Waals surface area contributed by atoms with Gasteiger partial charge in [-0.1, -0.05) is 5.11 Å². The van der Waals surface area contributed by atoms with Gasteiger partial charge in [0.2, 0.25) is 0 Å². The molecule has 10 heteroatoms. The van der Waals surface area contributed by atoms with Crippen molar-refractivity contribution in [3.63, 3.8) is 0 Å². The van der Waals surface area contributed by atoms with Crippen molar-refractivity contribution in [2.75, 3.05) is 6.61 Å². The van der Waals surface area contributed by atoms with Gasteiger partial charge in [0.15, 0.2) is 0 Å². The molecule has 3 atom stereocenters. The maximum atomic E-state index is 11.6. The van der Waals surface area contributed by atoms with Gasteiger partial charge in [-0.2, -0.15) is 0 Å². The fraction of sp³-hybridized carbons (Fsp3) is 0.556. The average molecular weight is 269 g/mol. The molecule has 10 nitrogen and oxygen atoms in total. The number of ether oxygens (including phenoxy) is 1. The molecule has 1 aromatic heterocycles. The Labute approximate surface area is 105 Å². The fourth-order valence-corrected chi connectivity index (χ4v) is 1.86. The van der Waals surface area contributed by atoms with Crippen LogP contribution in [0.2, 0.25) is 0 Å². The molecule has 102 valence electrons. The molecule has 2 heterocycles. The van der Waals surface area contributed by atoms with Crippen molar-refractivity contribution in [3.8, 4) is 0 Å². The first-order valence-corrected chi connectivity index (χ1v) is 5.41. The molecule has 0 radical (unpaired) electrons. The molecule has 0 saturated carbocycles. The van der Waals surface area contributed by atoms with Crippen LogP contribution in [0.15, 0.2) is 20.9 Å². The number of aliphatic hydroxyl groups is 2. The van der Waals surface area contributed by atoms with Gasteiger partial charge in [0.25, 0.3) is 5.56 Å². The second kappa shape index (κ2) is 5.24. The molecule has 2 rings (SSSR count). The largest absolute Gasteiger partial charge is 0.394 e. The summed E-state index contributed by atoms with van der Waals surface area (Å²) in [6, 6.07) is 0. The van der Waals surface area contributed by atoms with Crippen LogP contribution < -0.4 is 11.2 Å². The molecule has 1 aliphatic rings. The van der Waals surface area contributed by atoms with E-state index in [0.717, 1.165) is 10.8 Å². The zero-order chi connectivity index (χ0) is 14.0. The van der Waals surface area contributed by atoms with Crippen LogP contribution in [-0.2, 0) is 4.74 Å². The second-order valence-corrected chi connectivity index (χ2v) is 3.99. The standard InChI is InChI=1S/C9H11N5O5/c10-13-12-4-2-14(9(18)11-8(4)17)7-1-5(16)6(3-15)19-7/h2,5-7,15-16H,1,3H2,(H,11,17,18)/t5?,6-,7-/m0/s1. The van der Waals surface area contributed by atoms with E-state index in [9.17, 15) is 14.7 Å². The third-order valence-electron chi connectivity index (χ3n) is 2.80. The highest BCUT2D eigenvalue weighted by atomic mass is 16.5. The third kappa shape index (κ3) is 2.51. The Morgan fingerprint density at radius 2 is 2.37 bits per heavy atom. The summed E-state index contributed by atoms with van der Waals surface area (Å²) in [6.07, 6.45) is -1.43. The zero-order valence-corrected chi connectivity index (χ0v) is 9.63. The zero-order valence-electron chi connectivity index (χ0n) is 9.63. The third-order valence-corrected chi connectivity index (χ3v) is 2.80. The highest BCUT2D eigenvalue weighted by molar-refractivity contribution is 5.29. The van der Waals surface area contributed by atoms with Gasteiger partial charge in [0.1, 0.15) is 18.0 Å². The van der Waals surface area contributed by atoms with Gasteiger partial charge in [-0.3, -0.25) is 14.3 Å². The van der Waals surface area contributed by atoms with Crippen molar-refractivity contribution in [1.82, 2.24) is 9.55 Å². The number of rotatable bonds is 3. The minimum atomic E-state index is -0.920. The lowest BCUT2D eigenvalue weighted by Gasteiger charge is -2.14. The predicted molar refractivity (Wildman–Crippen MR) is 61.7 cm³/mol. The van der Waals surface area contributed by atoms with Crippen LogP contribution in [0.25, 0.3) is 10.4 Å². The minimum Gasteiger partial charge on any atom is -0.394 e. The SMILES string of the molecule is [N-]=[N+]=Nc1cn([C@@H]2CC(O)[C@H](CO)O2)c(=O)[nH]c1=O. The molecule has 1 saturated heterocycles. The van der Waals surface area contributed by atoms with Gasteiger partial charge in [-0.15, -0.1) is 0 Å². The summed E-state index contributed by atoms with van der Waals surface area (Å²) < 4.78 is 6.27. The van der Waals surface area contributed by atoms with Gasteiger partial charge in [-0.25, -0.2) is 4.79 Å². The maximum absolute atomic E-state index is 11.6. The molecule has 1 unspecified atom stereocenters. The van der Waals surface area contributed by atoms with Crippen LogP contribution in [0.3, 0.4) is 0 Å². The number of hydrogen-bond donors (Lipinski definition) is 3. The van der Waals surface area contributed by atoms with Crippen LogP contribution >= 0.6 is 0 Å². The van der Waals surface area contributed by atoms with Crippen molar-refractivity contribution in [2.24, 2.45) is 5.11 Å². The molecule has 0 amide bonds. The Morgan fingerprint density at radius 3 is 2.95 bits per heavy atom. The molecule has 3 N–H and O–H groups in total. The molecule has 0 aliphatic carbocycles. The smallest absolute Gasteiger partial charge is 0.330 e. The number of aromatic amines is 1. The summed E-state index contributed by atoms with van der Waals surface area (Å²) in [7, 11) is 0. The van der Waals surface area contributed by atoms with Crippen molar-refractivity contribution in [1.29, 1.82) is 0 Å². The lowest BCUT2D eigenvalue weighted by atomic mass is 10.2. The number of nitrogens with one attached hydrogen (secondary N) is 1.